The minimum Gasteiger partial charge on any atom is -0.482 e. The molecule has 90 valence electrons. The summed E-state index contributed by atoms with van der Waals surface area (Å²) < 4.78 is 4.87. The van der Waals surface area contributed by atoms with Gasteiger partial charge in [0.2, 0.25) is 0 Å². The van der Waals surface area contributed by atoms with Crippen LogP contribution in [0, 0.1) is 0 Å². The van der Waals surface area contributed by atoms with E-state index in [1.807, 2.05) is 6.07 Å². The number of hydrogen-bond donors (Lipinski definition) is 1. The van der Waals surface area contributed by atoms with Crippen LogP contribution in [0.3, 0.4) is 0 Å². The van der Waals surface area contributed by atoms with Gasteiger partial charge in [0.1, 0.15) is 5.75 Å². The first-order chi connectivity index (χ1) is 5.29. The molecule has 0 aliphatic carbocycles. The second-order valence-electron chi connectivity index (χ2n) is 2.00. The first kappa shape index (κ1) is 23.3. The van der Waals surface area contributed by atoms with E-state index in [2.05, 4.69) is 0 Å². The molecule has 0 fully saturated rings. The molecule has 7 nitrogen and oxygen atoms in total. The van der Waals surface area contributed by atoms with Crippen molar-refractivity contribution in [1.29, 1.82) is 0 Å². The van der Waals surface area contributed by atoms with Gasteiger partial charge in [0.25, 0.3) is 0 Å². The van der Waals surface area contributed by atoms with E-state index >= 15 is 0 Å². The Morgan fingerprint density at radius 1 is 1.07 bits per heavy atom. The number of carboxylic acids is 1. The molecule has 0 bridgehead atoms. The molecule has 0 aliphatic rings. The van der Waals surface area contributed by atoms with Crippen LogP contribution < -0.4 is 4.74 Å². The molecule has 9 N–H and O–H groups in total. The number of hydrogen-bond acceptors (Lipinski definition) is 2. The van der Waals surface area contributed by atoms with Crippen molar-refractivity contribution in [2.24, 2.45) is 0 Å². The summed E-state index contributed by atoms with van der Waals surface area (Å²) in [5.74, 6) is -0.385. The minimum atomic E-state index is -0.964. The van der Waals surface area contributed by atoms with Gasteiger partial charge in [-0.3, -0.25) is 0 Å². The van der Waals surface area contributed by atoms with Gasteiger partial charge in [0.05, 0.1) is 0 Å². The van der Waals surface area contributed by atoms with E-state index in [4.69, 9.17) is 9.84 Å². The third-order valence-corrected chi connectivity index (χ3v) is 1.11. The molecular formula is C8H16O7. The largest absolute Gasteiger partial charge is 0.482 e. The third-order valence-electron chi connectivity index (χ3n) is 1.11. The van der Waals surface area contributed by atoms with Crippen LogP contribution in [0.2, 0.25) is 0 Å². The molecule has 0 amide bonds. The number of benzene rings is 1. The molecule has 7 heteroatoms. The number of aliphatic carboxylic acids is 1. The lowest BCUT2D eigenvalue weighted by atomic mass is 10.3. The van der Waals surface area contributed by atoms with Gasteiger partial charge in [-0.1, -0.05) is 18.2 Å². The minimum absolute atomic E-state index is 0. The maximum absolute atomic E-state index is 10.0. The molecule has 0 saturated carbocycles. The monoisotopic (exact) mass is 224 g/mol. The molecular weight excluding hydrogens is 208 g/mol. The van der Waals surface area contributed by atoms with Gasteiger partial charge in [-0.05, 0) is 12.1 Å². The molecule has 1 rings (SSSR count). The van der Waals surface area contributed by atoms with Crippen LogP contribution in [-0.4, -0.2) is 39.6 Å². The van der Waals surface area contributed by atoms with Crippen molar-refractivity contribution in [3.05, 3.63) is 30.3 Å². The Balaban J connectivity index is -0.000000151. The molecule has 0 radical (unpaired) electrons. The van der Waals surface area contributed by atoms with Gasteiger partial charge in [-0.15, -0.1) is 0 Å². The fourth-order valence-corrected chi connectivity index (χ4v) is 0.662. The van der Waals surface area contributed by atoms with Crippen molar-refractivity contribution < 1.29 is 36.5 Å². The summed E-state index contributed by atoms with van der Waals surface area (Å²) in [4.78, 5) is 10.0. The number of para-hydroxylation sites is 1. The van der Waals surface area contributed by atoms with Crippen LogP contribution in [-0.2, 0) is 4.79 Å². The average molecular weight is 224 g/mol. The summed E-state index contributed by atoms with van der Waals surface area (Å²) in [6.07, 6.45) is 0. The average Bonchev–Trinajstić information content (AvgIpc) is 2.03. The zero-order chi connectivity index (χ0) is 8.10. The molecule has 0 saturated heterocycles. The molecule has 0 atom stereocenters. The van der Waals surface area contributed by atoms with Gasteiger partial charge >= 0.3 is 5.97 Å². The topological polar surface area (TPSA) is 173 Å². The lowest BCUT2D eigenvalue weighted by Gasteiger charge is -2.00. The fourth-order valence-electron chi connectivity index (χ4n) is 0.662. The van der Waals surface area contributed by atoms with Gasteiger partial charge in [-0.25, -0.2) is 4.79 Å². The van der Waals surface area contributed by atoms with E-state index in [0.717, 1.165) is 0 Å². The smallest absolute Gasteiger partial charge is 0.341 e. The Labute approximate surface area is 86.2 Å². The Hall–Kier alpha value is -1.67. The van der Waals surface area contributed by atoms with E-state index in [1.54, 1.807) is 24.3 Å². The Kier molecular flexibility index (Phi) is 19.1. The van der Waals surface area contributed by atoms with Crippen LogP contribution in [0.4, 0.5) is 0 Å². The maximum Gasteiger partial charge on any atom is 0.341 e. The second kappa shape index (κ2) is 12.3. The number of rotatable bonds is 3. The highest BCUT2D eigenvalue weighted by Gasteiger charge is 1.96. The van der Waals surface area contributed by atoms with E-state index in [0.29, 0.717) is 5.75 Å². The number of ether oxygens (including phenoxy) is 1. The first-order valence-corrected chi connectivity index (χ1v) is 3.18. The number of carboxylic acid groups (broad SMARTS) is 1. The molecule has 0 aromatic heterocycles. The molecule has 0 aliphatic heterocycles. The lowest BCUT2D eigenvalue weighted by Crippen LogP contribution is -2.09. The standard InChI is InChI=1S/C8H8O3.4H2O/c9-8(10)6-11-7-4-2-1-3-5-7;;;;/h1-5H,6H2,(H,9,10);4*1H2. The van der Waals surface area contributed by atoms with E-state index in [9.17, 15) is 4.79 Å². The highest BCUT2D eigenvalue weighted by Crippen LogP contribution is 2.07. The molecule has 1 aromatic rings. The van der Waals surface area contributed by atoms with Gasteiger partial charge in [0, 0.05) is 0 Å². The Morgan fingerprint density at radius 3 is 1.93 bits per heavy atom. The van der Waals surface area contributed by atoms with E-state index in [-0.39, 0.29) is 28.5 Å². The van der Waals surface area contributed by atoms with Gasteiger partial charge in [0.15, 0.2) is 6.61 Å². The lowest BCUT2D eigenvalue weighted by molar-refractivity contribution is -0.139. The van der Waals surface area contributed by atoms with Crippen LogP contribution in [0.1, 0.15) is 0 Å². The summed E-state index contributed by atoms with van der Waals surface area (Å²) in [7, 11) is 0. The zero-order valence-electron chi connectivity index (χ0n) is 7.86. The predicted molar refractivity (Wildman–Crippen MR) is 54.0 cm³/mol. The zero-order valence-corrected chi connectivity index (χ0v) is 7.86. The molecule has 0 unspecified atom stereocenters. The highest BCUT2D eigenvalue weighted by atomic mass is 16.5. The summed E-state index contributed by atoms with van der Waals surface area (Å²) in [5.41, 5.74) is 0. The Bertz CT molecular complexity index is 236. The second-order valence-corrected chi connectivity index (χ2v) is 2.00. The fraction of sp³-hybridized carbons (Fsp3) is 0.125. The molecule has 0 spiro atoms. The number of carbonyl (C=O) groups is 1. The van der Waals surface area contributed by atoms with E-state index in [1.165, 1.54) is 0 Å². The van der Waals surface area contributed by atoms with Gasteiger partial charge in [-0.2, -0.15) is 0 Å². The van der Waals surface area contributed by atoms with Crippen LogP contribution in [0.25, 0.3) is 0 Å². The maximum atomic E-state index is 10.0. The van der Waals surface area contributed by atoms with Crippen LogP contribution in [0.15, 0.2) is 30.3 Å². The summed E-state index contributed by atoms with van der Waals surface area (Å²) in [5, 5.41) is 8.25. The van der Waals surface area contributed by atoms with Gasteiger partial charge < -0.3 is 31.7 Å². The quantitative estimate of drug-likeness (QED) is 0.617. The SMILES string of the molecule is O.O.O.O.O=C(O)COc1ccccc1. The van der Waals surface area contributed by atoms with E-state index < -0.39 is 5.97 Å². The van der Waals surface area contributed by atoms with Crippen molar-refractivity contribution in [3.63, 3.8) is 0 Å². The highest BCUT2D eigenvalue weighted by molar-refractivity contribution is 5.68. The Morgan fingerprint density at radius 2 is 1.53 bits per heavy atom. The van der Waals surface area contributed by atoms with Crippen molar-refractivity contribution in [3.8, 4) is 5.75 Å². The predicted octanol–water partition coefficient (Wildman–Crippen LogP) is -2.15. The summed E-state index contributed by atoms with van der Waals surface area (Å²) >= 11 is 0. The molecule has 1 aromatic carbocycles. The third kappa shape index (κ3) is 10.2. The molecule has 15 heavy (non-hydrogen) atoms. The first-order valence-electron chi connectivity index (χ1n) is 3.18. The van der Waals surface area contributed by atoms with Crippen molar-refractivity contribution in [2.45, 2.75) is 0 Å². The van der Waals surface area contributed by atoms with Crippen molar-refractivity contribution >= 4 is 5.97 Å². The summed E-state index contributed by atoms with van der Waals surface area (Å²) in [6.45, 7) is -0.288. The van der Waals surface area contributed by atoms with Crippen LogP contribution in [0.5, 0.6) is 5.75 Å². The van der Waals surface area contributed by atoms with Crippen molar-refractivity contribution in [1.82, 2.24) is 0 Å². The summed E-state index contributed by atoms with van der Waals surface area (Å²) in [6, 6.07) is 8.84. The molecule has 0 heterocycles. The van der Waals surface area contributed by atoms with Crippen LogP contribution >= 0.6 is 0 Å². The van der Waals surface area contributed by atoms with Crippen molar-refractivity contribution in [2.75, 3.05) is 6.61 Å². The normalized spacial score (nSPS) is 6.67.